The molecule has 0 saturated heterocycles. The lowest BCUT2D eigenvalue weighted by Gasteiger charge is -2.10. The average Bonchev–Trinajstić information content (AvgIpc) is 2.39. The van der Waals surface area contributed by atoms with Gasteiger partial charge in [0.1, 0.15) is 4.99 Å². The normalized spacial score (nSPS) is 10.2. The molecule has 0 unspecified atom stereocenters. The second-order valence-electron chi connectivity index (χ2n) is 4.09. The summed E-state index contributed by atoms with van der Waals surface area (Å²) in [6, 6.07) is 9.49. The summed E-state index contributed by atoms with van der Waals surface area (Å²) in [7, 11) is 0. The van der Waals surface area contributed by atoms with Crippen molar-refractivity contribution in [1.29, 1.82) is 0 Å². The number of nitrogens with two attached hydrogens (primary N) is 1. The van der Waals surface area contributed by atoms with E-state index in [-0.39, 0.29) is 0 Å². The fraction of sp³-hybridized carbons (Fsp3) is 0.214. The molecule has 2 aromatic rings. The zero-order chi connectivity index (χ0) is 13.7. The van der Waals surface area contributed by atoms with Crippen LogP contribution in [-0.2, 0) is 6.42 Å². The maximum Gasteiger partial charge on any atom is 0.223 e. The van der Waals surface area contributed by atoms with Gasteiger partial charge < -0.3 is 10.5 Å². The highest BCUT2D eigenvalue weighted by Crippen LogP contribution is 2.16. The third kappa shape index (κ3) is 3.72. The molecule has 19 heavy (non-hydrogen) atoms. The number of aromatic nitrogens is 2. The summed E-state index contributed by atoms with van der Waals surface area (Å²) in [4.78, 5) is 8.84. The van der Waals surface area contributed by atoms with Gasteiger partial charge in [0, 0.05) is 24.0 Å². The first-order valence-corrected chi connectivity index (χ1v) is 6.38. The van der Waals surface area contributed by atoms with Crippen molar-refractivity contribution in [3.05, 3.63) is 53.5 Å². The van der Waals surface area contributed by atoms with Gasteiger partial charge in [0.15, 0.2) is 0 Å². The lowest BCUT2D eigenvalue weighted by Crippen LogP contribution is -2.14. The molecule has 2 heterocycles. The van der Waals surface area contributed by atoms with Crippen LogP contribution in [0.4, 0.5) is 0 Å². The van der Waals surface area contributed by atoms with Gasteiger partial charge in [0.25, 0.3) is 0 Å². The van der Waals surface area contributed by atoms with Gasteiger partial charge in [0.2, 0.25) is 5.88 Å². The summed E-state index contributed by atoms with van der Waals surface area (Å²) in [5, 5.41) is 0. The van der Waals surface area contributed by atoms with E-state index >= 15 is 0 Å². The Bertz CT molecular complexity index is 572. The van der Waals surface area contributed by atoms with Crippen LogP contribution in [0.2, 0.25) is 0 Å². The third-order valence-electron chi connectivity index (χ3n) is 2.59. The highest BCUT2D eigenvalue weighted by atomic mass is 32.1. The van der Waals surface area contributed by atoms with Crippen molar-refractivity contribution in [2.45, 2.75) is 13.3 Å². The van der Waals surface area contributed by atoms with Gasteiger partial charge in [-0.15, -0.1) is 0 Å². The minimum atomic E-state index is 0.292. The van der Waals surface area contributed by atoms with Crippen molar-refractivity contribution in [2.75, 3.05) is 6.61 Å². The van der Waals surface area contributed by atoms with Gasteiger partial charge in [-0.25, -0.2) is 4.98 Å². The fourth-order valence-corrected chi connectivity index (χ4v) is 1.78. The Kier molecular flexibility index (Phi) is 4.41. The molecule has 0 atom stereocenters. The lowest BCUT2D eigenvalue weighted by atomic mass is 10.2. The molecule has 4 nitrogen and oxygen atoms in total. The van der Waals surface area contributed by atoms with Gasteiger partial charge in [0.05, 0.1) is 12.2 Å². The Balaban J connectivity index is 2.03. The molecule has 0 aliphatic carbocycles. The summed E-state index contributed by atoms with van der Waals surface area (Å²) in [5.41, 5.74) is 8.16. The molecule has 0 aliphatic rings. The first-order valence-electron chi connectivity index (χ1n) is 5.97. The number of thiocarbonyl (C=S) groups is 1. The van der Waals surface area contributed by atoms with E-state index in [0.717, 1.165) is 11.4 Å². The summed E-state index contributed by atoms with van der Waals surface area (Å²) < 4.78 is 5.66. The Morgan fingerprint density at radius 2 is 2.16 bits per heavy atom. The molecule has 0 saturated carbocycles. The molecule has 0 bridgehead atoms. The van der Waals surface area contributed by atoms with Gasteiger partial charge >= 0.3 is 0 Å². The molecule has 2 N–H and O–H groups in total. The van der Waals surface area contributed by atoms with Crippen LogP contribution in [0.25, 0.3) is 0 Å². The SMILES string of the molecule is Cc1ccc(C(N)=S)c(OCCc2ccccn2)n1. The van der Waals surface area contributed by atoms with Crippen molar-refractivity contribution in [3.8, 4) is 5.88 Å². The van der Waals surface area contributed by atoms with E-state index in [1.165, 1.54) is 0 Å². The molecule has 0 fully saturated rings. The first-order chi connectivity index (χ1) is 9.16. The number of pyridine rings is 2. The van der Waals surface area contributed by atoms with Crippen LogP contribution in [0.3, 0.4) is 0 Å². The van der Waals surface area contributed by atoms with Gasteiger partial charge in [-0.2, -0.15) is 0 Å². The van der Waals surface area contributed by atoms with Crippen LogP contribution in [0.1, 0.15) is 17.0 Å². The van der Waals surface area contributed by atoms with Crippen LogP contribution in [0.5, 0.6) is 5.88 Å². The highest BCUT2D eigenvalue weighted by molar-refractivity contribution is 7.80. The summed E-state index contributed by atoms with van der Waals surface area (Å²) in [5.74, 6) is 0.489. The molecule has 0 aromatic carbocycles. The highest BCUT2D eigenvalue weighted by Gasteiger charge is 2.08. The molecule has 98 valence electrons. The van der Waals surface area contributed by atoms with Crippen molar-refractivity contribution in [1.82, 2.24) is 9.97 Å². The second kappa shape index (κ2) is 6.24. The Morgan fingerprint density at radius 3 is 2.84 bits per heavy atom. The standard InChI is InChI=1S/C14H15N3OS/c1-10-5-6-12(13(15)19)14(17-10)18-9-7-11-4-2-3-8-16-11/h2-6,8H,7,9H2,1H3,(H2,15,19). The summed E-state index contributed by atoms with van der Waals surface area (Å²) >= 11 is 4.98. The first kappa shape index (κ1) is 13.4. The fourth-order valence-electron chi connectivity index (χ4n) is 1.63. The maximum atomic E-state index is 5.66. The average molecular weight is 273 g/mol. The Morgan fingerprint density at radius 1 is 1.32 bits per heavy atom. The van der Waals surface area contributed by atoms with E-state index in [1.807, 2.05) is 37.3 Å². The zero-order valence-corrected chi connectivity index (χ0v) is 11.5. The quantitative estimate of drug-likeness (QED) is 0.845. The van der Waals surface area contributed by atoms with Crippen LogP contribution in [0.15, 0.2) is 36.5 Å². The number of hydrogen-bond donors (Lipinski definition) is 1. The van der Waals surface area contributed by atoms with Gasteiger partial charge in [-0.1, -0.05) is 18.3 Å². The number of aryl methyl sites for hydroxylation is 1. The Hall–Kier alpha value is -2.01. The van der Waals surface area contributed by atoms with Gasteiger partial charge in [-0.3, -0.25) is 4.98 Å². The summed E-state index contributed by atoms with van der Waals surface area (Å²) in [6.07, 6.45) is 2.48. The van der Waals surface area contributed by atoms with E-state index in [4.69, 9.17) is 22.7 Å². The van der Waals surface area contributed by atoms with Crippen LogP contribution >= 0.6 is 12.2 Å². The monoisotopic (exact) mass is 273 g/mol. The van der Waals surface area contributed by atoms with Crippen LogP contribution in [0, 0.1) is 6.92 Å². The van der Waals surface area contributed by atoms with Crippen molar-refractivity contribution < 1.29 is 4.74 Å². The molecule has 5 heteroatoms. The second-order valence-corrected chi connectivity index (χ2v) is 4.53. The zero-order valence-electron chi connectivity index (χ0n) is 10.7. The van der Waals surface area contributed by atoms with Crippen molar-refractivity contribution in [2.24, 2.45) is 5.73 Å². The predicted molar refractivity (Wildman–Crippen MR) is 78.3 cm³/mol. The Labute approximate surface area is 117 Å². The van der Waals surface area contributed by atoms with E-state index in [0.29, 0.717) is 29.5 Å². The molecule has 2 aromatic heterocycles. The molecule has 0 spiro atoms. The van der Waals surface area contributed by atoms with Crippen LogP contribution in [-0.4, -0.2) is 21.6 Å². The van der Waals surface area contributed by atoms with Crippen molar-refractivity contribution in [3.63, 3.8) is 0 Å². The molecule has 0 amide bonds. The minimum Gasteiger partial charge on any atom is -0.477 e. The van der Waals surface area contributed by atoms with Crippen molar-refractivity contribution >= 4 is 17.2 Å². The summed E-state index contributed by atoms with van der Waals surface area (Å²) in [6.45, 7) is 2.39. The van der Waals surface area contributed by atoms with Crippen LogP contribution < -0.4 is 10.5 Å². The molecule has 0 aliphatic heterocycles. The topological polar surface area (TPSA) is 61.0 Å². The number of hydrogen-bond acceptors (Lipinski definition) is 4. The number of rotatable bonds is 5. The number of nitrogens with zero attached hydrogens (tertiary/aromatic N) is 2. The maximum absolute atomic E-state index is 5.66. The largest absolute Gasteiger partial charge is 0.477 e. The molecular weight excluding hydrogens is 258 g/mol. The molecule has 0 radical (unpaired) electrons. The smallest absolute Gasteiger partial charge is 0.223 e. The van der Waals surface area contributed by atoms with Gasteiger partial charge in [-0.05, 0) is 31.2 Å². The minimum absolute atomic E-state index is 0.292. The molecular formula is C14H15N3OS. The predicted octanol–water partition coefficient (Wildman–Crippen LogP) is 2.04. The van der Waals surface area contributed by atoms with E-state index in [1.54, 1.807) is 6.20 Å². The third-order valence-corrected chi connectivity index (χ3v) is 2.81. The number of ether oxygens (including phenoxy) is 1. The lowest BCUT2D eigenvalue weighted by molar-refractivity contribution is 0.307. The molecule has 2 rings (SSSR count). The van der Waals surface area contributed by atoms with E-state index < -0.39 is 0 Å². The van der Waals surface area contributed by atoms with E-state index in [2.05, 4.69) is 9.97 Å². The van der Waals surface area contributed by atoms with E-state index in [9.17, 15) is 0 Å².